The topological polar surface area (TPSA) is 96.3 Å². The Morgan fingerprint density at radius 3 is 2.77 bits per heavy atom. The van der Waals surface area contributed by atoms with Crippen LogP contribution >= 0.6 is 11.8 Å². The smallest absolute Gasteiger partial charge is 0.322 e. The van der Waals surface area contributed by atoms with Gasteiger partial charge >= 0.3 is 6.03 Å². The molecular weight excluding hydrogens is 414 g/mol. The number of nitrogens with one attached hydrogen (secondary N) is 2. The number of urea groups is 1. The summed E-state index contributed by atoms with van der Waals surface area (Å²) in [5.41, 5.74) is 4.84. The lowest BCUT2D eigenvalue weighted by Crippen LogP contribution is -2.51. The van der Waals surface area contributed by atoms with Crippen LogP contribution in [0.5, 0.6) is 0 Å². The van der Waals surface area contributed by atoms with Crippen LogP contribution in [-0.2, 0) is 9.59 Å². The first-order chi connectivity index (χ1) is 14.8. The number of thioether (sulfide) groups is 1. The molecule has 1 saturated heterocycles. The Kier molecular flexibility index (Phi) is 5.79. The van der Waals surface area contributed by atoms with Crippen molar-refractivity contribution in [2.45, 2.75) is 57.1 Å². The van der Waals surface area contributed by atoms with Gasteiger partial charge in [0.2, 0.25) is 5.91 Å². The van der Waals surface area contributed by atoms with Crippen LogP contribution in [0, 0.1) is 19.8 Å². The first-order valence-corrected chi connectivity index (χ1v) is 11.5. The van der Waals surface area contributed by atoms with Crippen LogP contribution in [-0.4, -0.2) is 43.7 Å². The highest BCUT2D eigenvalue weighted by molar-refractivity contribution is 7.99. The lowest BCUT2D eigenvalue weighted by Gasteiger charge is -2.33. The minimum absolute atomic E-state index is 0.0307. The van der Waals surface area contributed by atoms with E-state index in [1.54, 1.807) is 6.20 Å². The fourth-order valence-electron chi connectivity index (χ4n) is 4.16. The maximum Gasteiger partial charge on any atom is 0.344 e. The molecule has 8 nitrogen and oxygen atoms in total. The Labute approximate surface area is 185 Å². The molecule has 0 unspecified atom stereocenters. The second kappa shape index (κ2) is 8.37. The van der Waals surface area contributed by atoms with E-state index in [1.807, 2.05) is 36.7 Å². The number of aromatic nitrogens is 2. The molecule has 1 aliphatic carbocycles. The molecule has 1 aromatic heterocycles. The number of carbonyl (C=O) groups excluding carboxylic acids is 3. The highest BCUT2D eigenvalue weighted by Gasteiger charge is 2.52. The van der Waals surface area contributed by atoms with Gasteiger partial charge in [0.05, 0.1) is 11.4 Å². The van der Waals surface area contributed by atoms with Gasteiger partial charge in [-0.15, -0.1) is 0 Å². The average Bonchev–Trinajstić information content (AvgIpc) is 3.29. The standard InChI is InChI=1S/C22H27N5O3S/c1-14-6-8-22(9-7-14)19(29)27(20(30)24-22)25-18(28)13-31-21-23-10-11-26(21)17-12-15(2)4-5-16(17)3/h4-5,10-12,14H,6-9,13H2,1-3H3,(H,24,30)(H,25,28). The normalized spacial score (nSPS) is 23.3. The van der Waals surface area contributed by atoms with E-state index in [2.05, 4.69) is 28.7 Å². The Bertz CT molecular complexity index is 1030. The predicted octanol–water partition coefficient (Wildman–Crippen LogP) is 3.11. The predicted molar refractivity (Wildman–Crippen MR) is 118 cm³/mol. The molecule has 2 aromatic rings. The van der Waals surface area contributed by atoms with Gasteiger partial charge in [-0.05, 0) is 62.6 Å². The van der Waals surface area contributed by atoms with Crippen molar-refractivity contribution in [3.63, 3.8) is 0 Å². The summed E-state index contributed by atoms with van der Waals surface area (Å²) in [6.07, 6.45) is 6.51. The van der Waals surface area contributed by atoms with Crippen molar-refractivity contribution in [1.29, 1.82) is 0 Å². The number of imide groups is 1. The van der Waals surface area contributed by atoms with E-state index in [-0.39, 0.29) is 11.7 Å². The first-order valence-electron chi connectivity index (χ1n) is 10.5. The van der Waals surface area contributed by atoms with Gasteiger partial charge in [0.1, 0.15) is 5.54 Å². The molecule has 164 valence electrons. The number of hydrogen-bond acceptors (Lipinski definition) is 5. The Hall–Kier alpha value is -2.81. The van der Waals surface area contributed by atoms with Crippen molar-refractivity contribution >= 4 is 29.6 Å². The number of carbonyl (C=O) groups is 3. The van der Waals surface area contributed by atoms with Gasteiger partial charge in [-0.25, -0.2) is 9.78 Å². The Balaban J connectivity index is 1.40. The lowest BCUT2D eigenvalue weighted by molar-refractivity contribution is -0.139. The Morgan fingerprint density at radius 1 is 1.29 bits per heavy atom. The van der Waals surface area contributed by atoms with E-state index >= 15 is 0 Å². The summed E-state index contributed by atoms with van der Waals surface area (Å²) in [6.45, 7) is 6.19. The van der Waals surface area contributed by atoms with Crippen LogP contribution in [0.1, 0.15) is 43.7 Å². The molecule has 1 aliphatic heterocycles. The van der Waals surface area contributed by atoms with Gasteiger partial charge in [0.25, 0.3) is 5.91 Å². The largest absolute Gasteiger partial charge is 0.344 e. The molecule has 4 rings (SSSR count). The monoisotopic (exact) mass is 441 g/mol. The molecule has 2 fully saturated rings. The number of benzene rings is 1. The third kappa shape index (κ3) is 4.19. The van der Waals surface area contributed by atoms with Crippen LogP contribution in [0.25, 0.3) is 5.69 Å². The molecule has 1 spiro atoms. The number of hydrazine groups is 1. The van der Waals surface area contributed by atoms with Crippen LogP contribution in [0.15, 0.2) is 35.7 Å². The van der Waals surface area contributed by atoms with Gasteiger partial charge in [0.15, 0.2) is 5.16 Å². The van der Waals surface area contributed by atoms with Crippen LogP contribution < -0.4 is 10.7 Å². The number of hydrogen-bond donors (Lipinski definition) is 2. The zero-order valence-corrected chi connectivity index (χ0v) is 18.8. The van der Waals surface area contributed by atoms with Crippen molar-refractivity contribution in [3.05, 3.63) is 41.7 Å². The van der Waals surface area contributed by atoms with E-state index in [1.165, 1.54) is 11.8 Å². The van der Waals surface area contributed by atoms with Gasteiger partial charge < -0.3 is 5.32 Å². The van der Waals surface area contributed by atoms with Crippen LogP contribution in [0.2, 0.25) is 0 Å². The van der Waals surface area contributed by atoms with Crippen molar-refractivity contribution < 1.29 is 14.4 Å². The number of amides is 4. The molecule has 0 bridgehead atoms. The molecule has 2 aliphatic rings. The van der Waals surface area contributed by atoms with Crippen molar-refractivity contribution in [2.75, 3.05) is 5.75 Å². The zero-order valence-electron chi connectivity index (χ0n) is 18.0. The summed E-state index contributed by atoms with van der Waals surface area (Å²) in [6, 6.07) is 5.60. The minimum atomic E-state index is -0.872. The molecule has 2 N–H and O–H groups in total. The fraction of sp³-hybridized carbons (Fsp3) is 0.455. The summed E-state index contributed by atoms with van der Waals surface area (Å²) >= 11 is 1.25. The van der Waals surface area contributed by atoms with E-state index in [0.717, 1.165) is 34.7 Å². The lowest BCUT2D eigenvalue weighted by atomic mass is 9.77. The summed E-state index contributed by atoms with van der Waals surface area (Å²) in [4.78, 5) is 42.1. The Morgan fingerprint density at radius 2 is 2.03 bits per heavy atom. The number of nitrogens with zero attached hydrogens (tertiary/aromatic N) is 3. The molecule has 1 saturated carbocycles. The third-order valence-corrected chi connectivity index (χ3v) is 7.06. The first kappa shape index (κ1) is 21.4. The van der Waals surface area contributed by atoms with E-state index in [0.29, 0.717) is 23.9 Å². The molecule has 31 heavy (non-hydrogen) atoms. The summed E-state index contributed by atoms with van der Waals surface area (Å²) in [5, 5.41) is 4.32. The van der Waals surface area contributed by atoms with Gasteiger partial charge in [0, 0.05) is 12.4 Å². The second-order valence-corrected chi connectivity index (χ2v) is 9.47. The fourth-order valence-corrected chi connectivity index (χ4v) is 4.92. The maximum atomic E-state index is 12.9. The third-order valence-electron chi connectivity index (χ3n) is 6.09. The van der Waals surface area contributed by atoms with Crippen molar-refractivity contribution in [2.24, 2.45) is 5.92 Å². The highest BCUT2D eigenvalue weighted by atomic mass is 32.2. The van der Waals surface area contributed by atoms with Crippen molar-refractivity contribution in [3.8, 4) is 5.69 Å². The number of aryl methyl sites for hydroxylation is 2. The minimum Gasteiger partial charge on any atom is -0.322 e. The van der Waals surface area contributed by atoms with E-state index < -0.39 is 17.5 Å². The van der Waals surface area contributed by atoms with Gasteiger partial charge in [-0.3, -0.25) is 19.6 Å². The summed E-state index contributed by atoms with van der Waals surface area (Å²) in [5.74, 6) is -0.218. The quantitative estimate of drug-likeness (QED) is 0.549. The van der Waals surface area contributed by atoms with Gasteiger partial charge in [-0.1, -0.05) is 30.8 Å². The van der Waals surface area contributed by atoms with Crippen molar-refractivity contribution in [1.82, 2.24) is 25.3 Å². The van der Waals surface area contributed by atoms with Crippen LogP contribution in [0.3, 0.4) is 0 Å². The second-order valence-electron chi connectivity index (χ2n) is 8.53. The average molecular weight is 442 g/mol. The van der Waals surface area contributed by atoms with E-state index in [4.69, 9.17) is 0 Å². The van der Waals surface area contributed by atoms with Gasteiger partial charge in [-0.2, -0.15) is 5.01 Å². The number of rotatable bonds is 5. The molecule has 9 heteroatoms. The van der Waals surface area contributed by atoms with E-state index in [9.17, 15) is 14.4 Å². The summed E-state index contributed by atoms with van der Waals surface area (Å²) in [7, 11) is 0. The molecule has 0 radical (unpaired) electrons. The molecular formula is C22H27N5O3S. The molecule has 0 atom stereocenters. The SMILES string of the molecule is Cc1ccc(C)c(-n2ccnc2SCC(=O)NN2C(=O)NC3(CCC(C)CC3)C2=O)c1. The molecule has 2 heterocycles. The summed E-state index contributed by atoms with van der Waals surface area (Å²) < 4.78 is 1.94. The molecule has 1 aromatic carbocycles. The number of imidazole rings is 1. The maximum absolute atomic E-state index is 12.9. The highest BCUT2D eigenvalue weighted by Crippen LogP contribution is 2.35. The van der Waals surface area contributed by atoms with Crippen LogP contribution in [0.4, 0.5) is 4.79 Å². The molecule has 4 amide bonds. The zero-order chi connectivity index (χ0) is 22.2.